The second-order valence-corrected chi connectivity index (χ2v) is 8.41. The maximum atomic E-state index is 13.4. The Morgan fingerprint density at radius 3 is 2.53 bits per heavy atom. The lowest BCUT2D eigenvalue weighted by atomic mass is 9.95. The van der Waals surface area contributed by atoms with E-state index >= 15 is 0 Å². The number of halogens is 1. The van der Waals surface area contributed by atoms with Crippen molar-refractivity contribution in [3.63, 3.8) is 0 Å². The van der Waals surface area contributed by atoms with Crippen LogP contribution in [0.5, 0.6) is 0 Å². The molecule has 1 amide bonds. The Morgan fingerprint density at radius 1 is 1.17 bits per heavy atom. The van der Waals surface area contributed by atoms with Gasteiger partial charge in [-0.3, -0.25) is 9.59 Å². The van der Waals surface area contributed by atoms with Crippen molar-refractivity contribution < 1.29 is 19.1 Å². The number of aliphatic hydroxyl groups is 1. The molecule has 0 saturated heterocycles. The molecule has 4 rings (SSSR count). The summed E-state index contributed by atoms with van der Waals surface area (Å²) in [5.74, 6) is -1.46. The van der Waals surface area contributed by atoms with Gasteiger partial charge in [0.05, 0.1) is 11.6 Å². The summed E-state index contributed by atoms with van der Waals surface area (Å²) in [6, 6.07) is 15.6. The van der Waals surface area contributed by atoms with Crippen LogP contribution in [0.2, 0.25) is 0 Å². The fourth-order valence-corrected chi connectivity index (χ4v) is 3.91. The van der Waals surface area contributed by atoms with Crippen molar-refractivity contribution >= 4 is 38.6 Å². The van der Waals surface area contributed by atoms with Gasteiger partial charge in [-0.15, -0.1) is 0 Å². The van der Waals surface area contributed by atoms with Crippen LogP contribution in [-0.2, 0) is 4.79 Å². The topological polar surface area (TPSA) is 74.0 Å². The van der Waals surface area contributed by atoms with E-state index in [1.807, 2.05) is 61.5 Å². The van der Waals surface area contributed by atoms with Gasteiger partial charge in [-0.05, 0) is 43.9 Å². The molecule has 0 unspecified atom stereocenters. The molecule has 0 bridgehead atoms. The van der Waals surface area contributed by atoms with Gasteiger partial charge in [0.2, 0.25) is 5.78 Å². The summed E-state index contributed by atoms with van der Waals surface area (Å²) in [6.07, 6.45) is 0. The smallest absolute Gasteiger partial charge is 0.290 e. The molecule has 30 heavy (non-hydrogen) atoms. The molecule has 0 radical (unpaired) electrons. The van der Waals surface area contributed by atoms with Crippen molar-refractivity contribution in [3.8, 4) is 0 Å². The first-order valence-electron chi connectivity index (χ1n) is 9.54. The number of fused-ring (bicyclic) bond motifs is 1. The van der Waals surface area contributed by atoms with E-state index in [2.05, 4.69) is 15.9 Å². The summed E-state index contributed by atoms with van der Waals surface area (Å²) in [6.45, 7) is 0.964. The molecule has 1 aromatic heterocycles. The van der Waals surface area contributed by atoms with Crippen LogP contribution in [0.3, 0.4) is 0 Å². The molecule has 1 N–H and O–H groups in total. The second kappa shape index (κ2) is 8.08. The Labute approximate surface area is 182 Å². The quantitative estimate of drug-likeness (QED) is 0.544. The van der Waals surface area contributed by atoms with Crippen molar-refractivity contribution in [1.29, 1.82) is 0 Å². The first kappa shape index (κ1) is 20.4. The molecule has 3 aromatic rings. The molecular formula is C23H21BrN2O4. The van der Waals surface area contributed by atoms with Gasteiger partial charge in [0.25, 0.3) is 5.91 Å². The lowest BCUT2D eigenvalue weighted by Gasteiger charge is -2.27. The van der Waals surface area contributed by atoms with E-state index in [4.69, 9.17) is 4.42 Å². The molecule has 154 valence electrons. The molecule has 0 spiro atoms. The van der Waals surface area contributed by atoms with Crippen LogP contribution >= 0.6 is 15.9 Å². The summed E-state index contributed by atoms with van der Waals surface area (Å²) in [5.41, 5.74) is 1.36. The molecule has 2 heterocycles. The summed E-state index contributed by atoms with van der Waals surface area (Å²) in [5, 5.41) is 11.5. The predicted molar refractivity (Wildman–Crippen MR) is 117 cm³/mol. The molecule has 1 aliphatic heterocycles. The number of likely N-dealkylation sites (N-methyl/N-ethyl adjacent to an activating group) is 1. The summed E-state index contributed by atoms with van der Waals surface area (Å²) >= 11 is 3.41. The van der Waals surface area contributed by atoms with Crippen LogP contribution < -0.4 is 0 Å². The molecule has 6 nitrogen and oxygen atoms in total. The van der Waals surface area contributed by atoms with Gasteiger partial charge in [0.15, 0.2) is 11.5 Å². The van der Waals surface area contributed by atoms with Gasteiger partial charge in [-0.1, -0.05) is 46.3 Å². The number of furan rings is 1. The Kier molecular flexibility index (Phi) is 5.49. The highest BCUT2D eigenvalue weighted by molar-refractivity contribution is 9.10. The zero-order valence-electron chi connectivity index (χ0n) is 16.6. The number of aliphatic hydroxyl groups excluding tert-OH is 1. The minimum atomic E-state index is -0.689. The summed E-state index contributed by atoms with van der Waals surface area (Å²) in [7, 11) is 3.81. The first-order valence-corrected chi connectivity index (χ1v) is 10.3. The number of ketones is 1. The highest BCUT2D eigenvalue weighted by atomic mass is 79.9. The van der Waals surface area contributed by atoms with E-state index < -0.39 is 23.5 Å². The monoisotopic (exact) mass is 468 g/mol. The Hall–Kier alpha value is -2.90. The van der Waals surface area contributed by atoms with Crippen molar-refractivity contribution in [3.05, 3.63) is 81.7 Å². The van der Waals surface area contributed by atoms with Crippen molar-refractivity contribution in [1.82, 2.24) is 9.80 Å². The van der Waals surface area contributed by atoms with Crippen molar-refractivity contribution in [2.24, 2.45) is 0 Å². The van der Waals surface area contributed by atoms with Crippen LogP contribution in [-0.4, -0.2) is 53.8 Å². The first-order chi connectivity index (χ1) is 14.4. The minimum absolute atomic E-state index is 0.0418. The summed E-state index contributed by atoms with van der Waals surface area (Å²) in [4.78, 5) is 29.8. The number of Topliss-reactive ketones (excluding diaryl/α,β-unsaturated/α-hetero) is 1. The Morgan fingerprint density at radius 2 is 1.87 bits per heavy atom. The van der Waals surface area contributed by atoms with Crippen LogP contribution in [0.1, 0.15) is 22.2 Å². The van der Waals surface area contributed by atoms with Crippen LogP contribution in [0.25, 0.3) is 11.0 Å². The van der Waals surface area contributed by atoms with Crippen LogP contribution in [0, 0.1) is 0 Å². The number of benzene rings is 2. The van der Waals surface area contributed by atoms with E-state index in [1.54, 1.807) is 12.1 Å². The largest absolute Gasteiger partial charge is 0.503 e. The van der Waals surface area contributed by atoms with E-state index in [9.17, 15) is 14.7 Å². The lowest BCUT2D eigenvalue weighted by Crippen LogP contribution is -2.36. The Balaban J connectivity index is 1.78. The van der Waals surface area contributed by atoms with E-state index in [0.29, 0.717) is 18.7 Å². The summed E-state index contributed by atoms with van der Waals surface area (Å²) < 4.78 is 6.61. The normalized spacial score (nSPS) is 16.9. The standard InChI is InChI=1S/C23H21BrN2O4/c1-25(2)11-12-26-20(14-7-9-16(24)10-8-14)19(22(28)23(26)29)21(27)18-13-15-5-3-4-6-17(15)30-18/h3-10,13,20,28H,11-12H2,1-2H3/t20-/m1/s1. The van der Waals surface area contributed by atoms with Crippen molar-refractivity contribution in [2.45, 2.75) is 6.04 Å². The van der Waals surface area contributed by atoms with Crippen molar-refractivity contribution in [2.75, 3.05) is 27.2 Å². The molecule has 0 fully saturated rings. The molecule has 0 aliphatic carbocycles. The average Bonchev–Trinajstić information content (AvgIpc) is 3.26. The van der Waals surface area contributed by atoms with Crippen LogP contribution in [0.15, 0.2) is 74.8 Å². The number of para-hydroxylation sites is 1. The molecule has 2 aromatic carbocycles. The zero-order chi connectivity index (χ0) is 21.4. The number of hydrogen-bond donors (Lipinski definition) is 1. The molecule has 1 aliphatic rings. The number of carbonyl (C=O) groups is 2. The highest BCUT2D eigenvalue weighted by Crippen LogP contribution is 2.39. The minimum Gasteiger partial charge on any atom is -0.503 e. The molecule has 0 saturated carbocycles. The molecule has 1 atom stereocenters. The maximum Gasteiger partial charge on any atom is 0.290 e. The Bertz CT molecular complexity index is 1110. The molecular weight excluding hydrogens is 448 g/mol. The van der Waals surface area contributed by atoms with E-state index in [1.165, 1.54) is 4.90 Å². The average molecular weight is 469 g/mol. The SMILES string of the molecule is CN(C)CCN1C(=O)C(O)=C(C(=O)c2cc3ccccc3o2)[C@H]1c1ccc(Br)cc1. The number of hydrogen-bond acceptors (Lipinski definition) is 5. The van der Waals surface area contributed by atoms with Gasteiger partial charge in [0, 0.05) is 22.9 Å². The van der Waals surface area contributed by atoms with E-state index in [-0.39, 0.29) is 11.3 Å². The second-order valence-electron chi connectivity index (χ2n) is 7.50. The fraction of sp³-hybridized carbons (Fsp3) is 0.217. The third-order valence-electron chi connectivity index (χ3n) is 5.17. The van der Waals surface area contributed by atoms with E-state index in [0.717, 1.165) is 15.4 Å². The molecule has 7 heteroatoms. The predicted octanol–water partition coefficient (Wildman–Crippen LogP) is 4.34. The van der Waals surface area contributed by atoms with Crippen LogP contribution in [0.4, 0.5) is 0 Å². The maximum absolute atomic E-state index is 13.4. The van der Waals surface area contributed by atoms with Gasteiger partial charge in [-0.2, -0.15) is 0 Å². The fourth-order valence-electron chi connectivity index (χ4n) is 3.64. The number of nitrogens with zero attached hydrogens (tertiary/aromatic N) is 2. The number of carbonyl (C=O) groups excluding carboxylic acids is 2. The zero-order valence-corrected chi connectivity index (χ0v) is 18.2. The number of rotatable bonds is 6. The highest BCUT2D eigenvalue weighted by Gasteiger charge is 2.44. The third kappa shape index (κ3) is 3.66. The lowest BCUT2D eigenvalue weighted by molar-refractivity contribution is -0.129. The van der Waals surface area contributed by atoms with Gasteiger partial charge in [-0.25, -0.2) is 0 Å². The van der Waals surface area contributed by atoms with Gasteiger partial charge in [0.1, 0.15) is 5.58 Å². The number of amides is 1. The van der Waals surface area contributed by atoms with Gasteiger partial charge >= 0.3 is 0 Å². The third-order valence-corrected chi connectivity index (χ3v) is 5.70. The van der Waals surface area contributed by atoms with Gasteiger partial charge < -0.3 is 19.3 Å².